The van der Waals surface area contributed by atoms with Crippen molar-refractivity contribution in [2.24, 2.45) is 0 Å². The molecule has 0 aliphatic heterocycles. The lowest BCUT2D eigenvalue weighted by molar-refractivity contribution is -0.141. The van der Waals surface area contributed by atoms with Gasteiger partial charge in [0.05, 0.1) is 6.07 Å². The Hall–Kier alpha value is -3.52. The second-order valence-electron chi connectivity index (χ2n) is 8.32. The highest BCUT2D eigenvalue weighted by Gasteiger charge is 2.34. The Kier molecular flexibility index (Phi) is 9.08. The molecule has 0 saturated carbocycles. The Morgan fingerprint density at radius 3 is 2.16 bits per heavy atom. The molecule has 0 heterocycles. The summed E-state index contributed by atoms with van der Waals surface area (Å²) in [4.78, 5) is 39.4. The van der Waals surface area contributed by atoms with E-state index >= 15 is 0 Å². The highest BCUT2D eigenvalue weighted by atomic mass is 16.6. The molecular formula is C23H30N4O4. The summed E-state index contributed by atoms with van der Waals surface area (Å²) in [6, 6.07) is 6.23. The van der Waals surface area contributed by atoms with Crippen molar-refractivity contribution in [1.29, 1.82) is 5.26 Å². The summed E-state index contributed by atoms with van der Waals surface area (Å²) in [6.45, 7) is 9.80. The predicted molar refractivity (Wildman–Crippen MR) is 117 cm³/mol. The van der Waals surface area contributed by atoms with Gasteiger partial charge < -0.3 is 20.3 Å². The molecule has 0 aliphatic carbocycles. The van der Waals surface area contributed by atoms with Crippen molar-refractivity contribution in [3.8, 4) is 18.4 Å². The number of ether oxygens (including phenoxy) is 1. The van der Waals surface area contributed by atoms with E-state index in [4.69, 9.17) is 11.2 Å². The molecule has 0 saturated heterocycles. The summed E-state index contributed by atoms with van der Waals surface area (Å²) in [6.07, 6.45) is 4.63. The van der Waals surface area contributed by atoms with Crippen LogP contribution >= 0.6 is 0 Å². The Bertz CT molecular complexity index is 873. The summed E-state index contributed by atoms with van der Waals surface area (Å²) in [5.74, 6) is 1.45. The summed E-state index contributed by atoms with van der Waals surface area (Å²) >= 11 is 0. The molecule has 2 atom stereocenters. The van der Waals surface area contributed by atoms with E-state index in [-0.39, 0.29) is 12.6 Å². The minimum Gasteiger partial charge on any atom is -0.444 e. The van der Waals surface area contributed by atoms with Crippen molar-refractivity contribution in [3.63, 3.8) is 0 Å². The zero-order chi connectivity index (χ0) is 23.8. The second kappa shape index (κ2) is 11.0. The Morgan fingerprint density at radius 2 is 1.71 bits per heavy atom. The number of amides is 3. The Morgan fingerprint density at radius 1 is 1.13 bits per heavy atom. The Balaban J connectivity index is 3.26. The second-order valence-corrected chi connectivity index (χ2v) is 8.32. The van der Waals surface area contributed by atoms with Crippen LogP contribution in [-0.2, 0) is 14.3 Å². The minimum atomic E-state index is -1.08. The molecule has 1 aromatic rings. The van der Waals surface area contributed by atoms with Crippen LogP contribution in [0.1, 0.15) is 58.7 Å². The third-order valence-electron chi connectivity index (χ3n) is 4.01. The quantitative estimate of drug-likeness (QED) is 0.514. The molecular weight excluding hydrogens is 396 g/mol. The first-order chi connectivity index (χ1) is 14.4. The predicted octanol–water partition coefficient (Wildman–Crippen LogP) is 2.50. The SMILES string of the molecule is C#Cc1ccc(C(C(=O)NC(C)C)N(CC#N)C(=O)C(C)NC(=O)OC(C)(C)C)cc1. The van der Waals surface area contributed by atoms with Gasteiger partial charge in [-0.05, 0) is 59.2 Å². The third-order valence-corrected chi connectivity index (χ3v) is 4.01. The fraction of sp³-hybridized carbons (Fsp3) is 0.478. The first-order valence-corrected chi connectivity index (χ1v) is 9.93. The fourth-order valence-corrected chi connectivity index (χ4v) is 2.77. The van der Waals surface area contributed by atoms with E-state index in [1.807, 2.05) is 6.07 Å². The maximum absolute atomic E-state index is 13.2. The molecule has 8 heteroatoms. The molecule has 0 fully saturated rings. The zero-order valence-electron chi connectivity index (χ0n) is 18.9. The average Bonchev–Trinajstić information content (AvgIpc) is 2.65. The molecule has 2 unspecified atom stereocenters. The fourth-order valence-electron chi connectivity index (χ4n) is 2.77. The molecule has 8 nitrogen and oxygen atoms in total. The van der Waals surface area contributed by atoms with Gasteiger partial charge in [-0.3, -0.25) is 9.59 Å². The maximum Gasteiger partial charge on any atom is 0.408 e. The van der Waals surface area contributed by atoms with Crippen LogP contribution in [0.15, 0.2) is 24.3 Å². The first-order valence-electron chi connectivity index (χ1n) is 9.93. The zero-order valence-corrected chi connectivity index (χ0v) is 18.9. The molecule has 0 aliphatic rings. The van der Waals surface area contributed by atoms with Crippen LogP contribution in [0, 0.1) is 23.7 Å². The number of nitriles is 1. The number of nitrogens with one attached hydrogen (secondary N) is 2. The minimum absolute atomic E-state index is 0.184. The van der Waals surface area contributed by atoms with Crippen molar-refractivity contribution in [2.75, 3.05) is 6.54 Å². The average molecular weight is 427 g/mol. The number of hydrogen-bond acceptors (Lipinski definition) is 5. The maximum atomic E-state index is 13.2. The van der Waals surface area contributed by atoms with E-state index in [0.717, 1.165) is 4.90 Å². The molecule has 1 rings (SSSR count). The highest BCUT2D eigenvalue weighted by molar-refractivity contribution is 5.92. The van der Waals surface area contributed by atoms with Crippen molar-refractivity contribution in [2.45, 2.75) is 65.3 Å². The van der Waals surface area contributed by atoms with E-state index in [0.29, 0.717) is 11.1 Å². The van der Waals surface area contributed by atoms with Gasteiger partial charge >= 0.3 is 6.09 Å². The summed E-state index contributed by atoms with van der Waals surface area (Å²) in [5, 5.41) is 14.6. The lowest BCUT2D eigenvalue weighted by Gasteiger charge is -2.32. The van der Waals surface area contributed by atoms with Crippen LogP contribution in [0.25, 0.3) is 0 Å². The highest BCUT2D eigenvalue weighted by Crippen LogP contribution is 2.23. The van der Waals surface area contributed by atoms with E-state index in [2.05, 4.69) is 16.6 Å². The Labute approximate surface area is 183 Å². The van der Waals surface area contributed by atoms with Crippen LogP contribution in [0.2, 0.25) is 0 Å². The molecule has 3 amide bonds. The van der Waals surface area contributed by atoms with Gasteiger partial charge in [0.1, 0.15) is 24.2 Å². The summed E-state index contributed by atoms with van der Waals surface area (Å²) in [5.41, 5.74) is 0.368. The topological polar surface area (TPSA) is 112 Å². The lowest BCUT2D eigenvalue weighted by atomic mass is 10.0. The number of terminal acetylenes is 1. The summed E-state index contributed by atoms with van der Waals surface area (Å²) < 4.78 is 5.19. The van der Waals surface area contributed by atoms with Crippen LogP contribution in [0.5, 0.6) is 0 Å². The van der Waals surface area contributed by atoms with Crippen molar-refractivity contribution < 1.29 is 19.1 Å². The van der Waals surface area contributed by atoms with E-state index in [1.165, 1.54) is 6.92 Å². The summed E-state index contributed by atoms with van der Waals surface area (Å²) in [7, 11) is 0. The van der Waals surface area contributed by atoms with Gasteiger partial charge in [0.25, 0.3) is 0 Å². The van der Waals surface area contributed by atoms with Gasteiger partial charge in [-0.2, -0.15) is 5.26 Å². The number of benzene rings is 1. The largest absolute Gasteiger partial charge is 0.444 e. The van der Waals surface area contributed by atoms with Gasteiger partial charge in [-0.25, -0.2) is 4.79 Å². The first kappa shape index (κ1) is 25.5. The van der Waals surface area contributed by atoms with Gasteiger partial charge in [-0.15, -0.1) is 6.42 Å². The number of alkyl carbamates (subject to hydrolysis) is 1. The van der Waals surface area contributed by atoms with Crippen LogP contribution in [-0.4, -0.2) is 47.0 Å². The van der Waals surface area contributed by atoms with E-state index in [1.54, 1.807) is 58.9 Å². The van der Waals surface area contributed by atoms with E-state index < -0.39 is 35.6 Å². The van der Waals surface area contributed by atoms with Crippen molar-refractivity contribution in [1.82, 2.24) is 15.5 Å². The smallest absolute Gasteiger partial charge is 0.408 e. The number of carbonyl (C=O) groups is 3. The molecule has 0 bridgehead atoms. The van der Waals surface area contributed by atoms with Gasteiger partial charge in [0.15, 0.2) is 0 Å². The number of hydrogen-bond donors (Lipinski definition) is 2. The van der Waals surface area contributed by atoms with Crippen LogP contribution in [0.3, 0.4) is 0 Å². The third kappa shape index (κ3) is 8.02. The van der Waals surface area contributed by atoms with Crippen LogP contribution in [0.4, 0.5) is 4.79 Å². The van der Waals surface area contributed by atoms with Gasteiger partial charge in [-0.1, -0.05) is 18.1 Å². The number of nitrogens with zero attached hydrogens (tertiary/aromatic N) is 2. The van der Waals surface area contributed by atoms with Gasteiger partial charge in [0.2, 0.25) is 11.8 Å². The van der Waals surface area contributed by atoms with E-state index in [9.17, 15) is 19.6 Å². The molecule has 0 radical (unpaired) electrons. The number of rotatable bonds is 7. The van der Waals surface area contributed by atoms with Gasteiger partial charge in [0, 0.05) is 11.6 Å². The lowest BCUT2D eigenvalue weighted by Crippen LogP contribution is -2.52. The molecule has 31 heavy (non-hydrogen) atoms. The molecule has 0 aromatic heterocycles. The normalized spacial score (nSPS) is 12.7. The van der Waals surface area contributed by atoms with Crippen LogP contribution < -0.4 is 10.6 Å². The van der Waals surface area contributed by atoms with Crippen molar-refractivity contribution >= 4 is 17.9 Å². The molecule has 0 spiro atoms. The van der Waals surface area contributed by atoms with Crippen molar-refractivity contribution in [3.05, 3.63) is 35.4 Å². The monoisotopic (exact) mass is 426 g/mol. The molecule has 1 aromatic carbocycles. The molecule has 166 valence electrons. The molecule has 2 N–H and O–H groups in total. The number of carbonyl (C=O) groups excluding carboxylic acids is 3. The standard InChI is InChI=1S/C23H30N4O4/c1-8-17-9-11-18(12-10-17)19(20(28)25-15(2)3)27(14-13-24)21(29)16(4)26-22(30)31-23(5,6)7/h1,9-12,15-16,19H,14H2,2-7H3,(H,25,28)(H,26,30).